The Labute approximate surface area is 281 Å². The number of unbranched alkanes of at least 4 members (excludes halogenated alkanes) is 2. The summed E-state index contributed by atoms with van der Waals surface area (Å²) in [6, 6.07) is 30.3. The minimum Gasteiger partial charge on any atom is -0.392 e. The van der Waals surface area contributed by atoms with E-state index in [4.69, 9.17) is 9.47 Å². The van der Waals surface area contributed by atoms with Crippen molar-refractivity contribution in [1.82, 2.24) is 15.6 Å². The van der Waals surface area contributed by atoms with E-state index >= 15 is 0 Å². The summed E-state index contributed by atoms with van der Waals surface area (Å²) in [7, 11) is 0. The molecule has 1 fully saturated rings. The van der Waals surface area contributed by atoms with Gasteiger partial charge in [-0.25, -0.2) is 4.98 Å². The normalized spacial score (nSPS) is 17.6. The number of carbonyl (C=O) groups excluding carboxylic acids is 2. The summed E-state index contributed by atoms with van der Waals surface area (Å²) < 4.78 is 13.0. The van der Waals surface area contributed by atoms with Crippen molar-refractivity contribution in [1.29, 1.82) is 0 Å². The number of benzene rings is 3. The molecule has 246 valence electrons. The zero-order valence-electron chi connectivity index (χ0n) is 26.8. The van der Waals surface area contributed by atoms with Crippen LogP contribution in [0.4, 0.5) is 0 Å². The van der Waals surface area contributed by atoms with Crippen molar-refractivity contribution in [2.24, 2.45) is 0 Å². The number of hydrogen-bond donors (Lipinski definition) is 3. The van der Waals surface area contributed by atoms with Crippen molar-refractivity contribution < 1.29 is 24.2 Å². The van der Waals surface area contributed by atoms with Gasteiger partial charge in [-0.3, -0.25) is 9.59 Å². The number of aliphatic hydroxyl groups excluding tert-OH is 1. The first kappa shape index (κ1) is 34.3. The van der Waals surface area contributed by atoms with Crippen LogP contribution in [0.1, 0.15) is 73.7 Å². The predicted molar refractivity (Wildman–Crippen MR) is 184 cm³/mol. The van der Waals surface area contributed by atoms with E-state index in [1.807, 2.05) is 54.6 Å². The molecule has 3 atom stereocenters. The molecule has 47 heavy (non-hydrogen) atoms. The van der Waals surface area contributed by atoms with Crippen molar-refractivity contribution in [2.45, 2.75) is 75.7 Å². The molecule has 8 nitrogen and oxygen atoms in total. The first-order valence-corrected chi connectivity index (χ1v) is 17.2. The molecule has 0 bridgehead atoms. The van der Waals surface area contributed by atoms with Crippen LogP contribution in [0.5, 0.6) is 0 Å². The van der Waals surface area contributed by atoms with Gasteiger partial charge in [-0.1, -0.05) is 79.2 Å². The molecular formula is C38H43N3O5S. The van der Waals surface area contributed by atoms with E-state index in [2.05, 4.69) is 52.0 Å². The van der Waals surface area contributed by atoms with Crippen LogP contribution in [0.3, 0.4) is 0 Å². The summed E-state index contributed by atoms with van der Waals surface area (Å²) in [4.78, 5) is 27.8. The number of aliphatic hydroxyl groups is 1. The maximum atomic E-state index is 12.4. The quantitative estimate of drug-likeness (QED) is 0.0947. The molecule has 3 N–H and O–H groups in total. The van der Waals surface area contributed by atoms with E-state index in [1.165, 1.54) is 6.92 Å². The maximum Gasteiger partial charge on any atom is 0.220 e. The Morgan fingerprint density at radius 2 is 1.66 bits per heavy atom. The zero-order chi connectivity index (χ0) is 32.8. The van der Waals surface area contributed by atoms with Gasteiger partial charge in [0.25, 0.3) is 0 Å². The minimum atomic E-state index is -0.526. The van der Waals surface area contributed by atoms with Gasteiger partial charge in [0.2, 0.25) is 11.8 Å². The SMILES string of the molecule is CC(=O)NCCCCCC(=O)NCc1cccc(-c2ccc(C3OC(CSc4ccccn4)CC(c4ccc(CO)cc4)O3)cc2)c1. The predicted octanol–water partition coefficient (Wildman–Crippen LogP) is 6.89. The highest BCUT2D eigenvalue weighted by Crippen LogP contribution is 2.39. The third-order valence-electron chi connectivity index (χ3n) is 8.06. The van der Waals surface area contributed by atoms with Gasteiger partial charge in [-0.15, -0.1) is 11.8 Å². The Morgan fingerprint density at radius 1 is 0.851 bits per heavy atom. The number of hydrogen-bond acceptors (Lipinski definition) is 7. The van der Waals surface area contributed by atoms with E-state index in [0.717, 1.165) is 69.8 Å². The van der Waals surface area contributed by atoms with Gasteiger partial charge >= 0.3 is 0 Å². The molecule has 4 aromatic rings. The van der Waals surface area contributed by atoms with E-state index in [-0.39, 0.29) is 30.6 Å². The molecule has 1 aliphatic rings. The lowest BCUT2D eigenvalue weighted by Gasteiger charge is -2.36. The molecule has 2 amide bonds. The molecule has 3 aromatic carbocycles. The van der Waals surface area contributed by atoms with Gasteiger partial charge in [0.15, 0.2) is 6.29 Å². The lowest BCUT2D eigenvalue weighted by atomic mass is 9.99. The van der Waals surface area contributed by atoms with Crippen molar-refractivity contribution in [2.75, 3.05) is 12.3 Å². The highest BCUT2D eigenvalue weighted by molar-refractivity contribution is 7.99. The summed E-state index contributed by atoms with van der Waals surface area (Å²) in [5.74, 6) is 0.762. The second-order valence-electron chi connectivity index (χ2n) is 11.7. The third-order valence-corrected chi connectivity index (χ3v) is 9.13. The smallest absolute Gasteiger partial charge is 0.220 e. The number of nitrogens with one attached hydrogen (secondary N) is 2. The maximum absolute atomic E-state index is 12.4. The first-order valence-electron chi connectivity index (χ1n) is 16.2. The molecular weight excluding hydrogens is 611 g/mol. The van der Waals surface area contributed by atoms with Crippen LogP contribution in [0.15, 0.2) is 102 Å². The zero-order valence-corrected chi connectivity index (χ0v) is 27.6. The Bertz CT molecular complexity index is 1570. The third kappa shape index (κ3) is 10.8. The van der Waals surface area contributed by atoms with E-state index in [9.17, 15) is 14.7 Å². The number of nitrogens with zero attached hydrogens (tertiary/aromatic N) is 1. The molecule has 0 radical (unpaired) electrons. The van der Waals surface area contributed by atoms with Crippen LogP contribution in [-0.2, 0) is 32.2 Å². The number of aromatic nitrogens is 1. The molecule has 9 heteroatoms. The highest BCUT2D eigenvalue weighted by atomic mass is 32.2. The minimum absolute atomic E-state index is 0.00775. The van der Waals surface area contributed by atoms with Gasteiger partial charge < -0.3 is 25.2 Å². The molecule has 1 aromatic heterocycles. The number of thioether (sulfide) groups is 1. The Kier molecular flexibility index (Phi) is 13.0. The molecule has 3 unspecified atom stereocenters. The number of pyridine rings is 1. The largest absolute Gasteiger partial charge is 0.392 e. The topological polar surface area (TPSA) is 110 Å². The van der Waals surface area contributed by atoms with Gasteiger partial charge in [-0.05, 0) is 58.9 Å². The summed E-state index contributed by atoms with van der Waals surface area (Å²) in [6.45, 7) is 2.64. The van der Waals surface area contributed by atoms with E-state index in [1.54, 1.807) is 18.0 Å². The van der Waals surface area contributed by atoms with Crippen molar-refractivity contribution in [3.8, 4) is 11.1 Å². The molecule has 0 aliphatic carbocycles. The summed E-state index contributed by atoms with van der Waals surface area (Å²) in [6.07, 6.45) is 4.85. The Balaban J connectivity index is 1.19. The average molecular weight is 654 g/mol. The van der Waals surface area contributed by atoms with Gasteiger partial charge in [0.1, 0.15) is 0 Å². The van der Waals surface area contributed by atoms with E-state index < -0.39 is 6.29 Å². The lowest BCUT2D eigenvalue weighted by molar-refractivity contribution is -0.245. The molecule has 2 heterocycles. The van der Waals surface area contributed by atoms with Gasteiger partial charge in [0.05, 0.1) is 23.8 Å². The van der Waals surface area contributed by atoms with Gasteiger partial charge in [0, 0.05) is 50.4 Å². The molecule has 0 saturated carbocycles. The first-order chi connectivity index (χ1) is 23.0. The monoisotopic (exact) mass is 653 g/mol. The molecule has 1 aliphatic heterocycles. The number of carbonyl (C=O) groups is 2. The van der Waals surface area contributed by atoms with Crippen LogP contribution in [0.2, 0.25) is 0 Å². The van der Waals surface area contributed by atoms with Crippen molar-refractivity contribution in [3.05, 3.63) is 119 Å². The van der Waals surface area contributed by atoms with Crippen LogP contribution in [0, 0.1) is 0 Å². The second kappa shape index (κ2) is 17.8. The lowest BCUT2D eigenvalue weighted by Crippen LogP contribution is -2.31. The van der Waals surface area contributed by atoms with Crippen molar-refractivity contribution >= 4 is 23.6 Å². The van der Waals surface area contributed by atoms with Crippen LogP contribution in [-0.4, -0.2) is 40.3 Å². The molecule has 1 saturated heterocycles. The van der Waals surface area contributed by atoms with Crippen LogP contribution in [0.25, 0.3) is 11.1 Å². The summed E-state index contributed by atoms with van der Waals surface area (Å²) >= 11 is 1.68. The fourth-order valence-electron chi connectivity index (χ4n) is 5.47. The number of amides is 2. The van der Waals surface area contributed by atoms with E-state index in [0.29, 0.717) is 19.5 Å². The molecule has 0 spiro atoms. The Morgan fingerprint density at radius 3 is 2.40 bits per heavy atom. The fourth-order valence-corrected chi connectivity index (χ4v) is 6.35. The Hall–Kier alpha value is -4.02. The molecule has 5 rings (SSSR count). The van der Waals surface area contributed by atoms with Crippen LogP contribution >= 0.6 is 11.8 Å². The average Bonchev–Trinajstić information content (AvgIpc) is 3.11. The second-order valence-corrected chi connectivity index (χ2v) is 12.8. The van der Waals surface area contributed by atoms with Gasteiger partial charge in [-0.2, -0.15) is 0 Å². The summed E-state index contributed by atoms with van der Waals surface area (Å²) in [5, 5.41) is 16.3. The summed E-state index contributed by atoms with van der Waals surface area (Å²) in [5.41, 5.74) is 6.04. The standard InChI is InChI=1S/C38H43N3O5S/c1-27(43)39-20-5-2-3-10-36(44)41-24-29-8-7-9-33(22-29)30-16-18-32(19-17-30)38-45-34(26-47-37-11-4-6-21-40-37)23-35(46-38)31-14-12-28(25-42)13-15-31/h4,6-9,11-19,21-22,34-35,38,42H,2-3,5,10,20,23-26H2,1H3,(H,39,43)(H,41,44). The number of ether oxygens (including phenoxy) is 2. The highest BCUT2D eigenvalue weighted by Gasteiger charge is 2.32. The fraction of sp³-hybridized carbons (Fsp3) is 0.342. The van der Waals surface area contributed by atoms with Crippen molar-refractivity contribution in [3.63, 3.8) is 0 Å². The van der Waals surface area contributed by atoms with Crippen LogP contribution < -0.4 is 10.6 Å². The number of rotatable bonds is 15.